The van der Waals surface area contributed by atoms with Crippen LogP contribution in [0.4, 0.5) is 11.4 Å². The number of ether oxygens (including phenoxy) is 1. The van der Waals surface area contributed by atoms with Crippen molar-refractivity contribution >= 4 is 17.3 Å². The molecule has 0 aromatic heterocycles. The molecule has 2 fully saturated rings. The van der Waals surface area contributed by atoms with E-state index in [4.69, 9.17) is 4.74 Å². The average Bonchev–Trinajstić information content (AvgIpc) is 3.35. The van der Waals surface area contributed by atoms with Crippen molar-refractivity contribution in [1.82, 2.24) is 0 Å². The zero-order valence-electron chi connectivity index (χ0n) is 16.6. The number of benzene rings is 2. The van der Waals surface area contributed by atoms with Crippen LogP contribution >= 0.6 is 0 Å². The quantitative estimate of drug-likeness (QED) is 0.452. The summed E-state index contributed by atoms with van der Waals surface area (Å²) in [5.41, 5.74) is 4.98. The number of methoxy groups -OCH3 is 1. The molecule has 1 N–H and O–H groups in total. The highest BCUT2D eigenvalue weighted by atomic mass is 16.6. The second kappa shape index (κ2) is 6.58. The van der Waals surface area contributed by atoms with Gasteiger partial charge in [-0.25, -0.2) is 4.79 Å². The lowest BCUT2D eigenvalue weighted by Crippen LogP contribution is -2.35. The summed E-state index contributed by atoms with van der Waals surface area (Å²) in [5, 5.41) is 15.2. The molecule has 5 atom stereocenters. The van der Waals surface area contributed by atoms with Crippen molar-refractivity contribution in [3.63, 3.8) is 0 Å². The van der Waals surface area contributed by atoms with Crippen molar-refractivity contribution < 1.29 is 14.5 Å². The maximum atomic E-state index is 11.8. The second-order valence-electron chi connectivity index (χ2n) is 8.66. The molecular weight excluding hydrogens is 368 g/mol. The van der Waals surface area contributed by atoms with Gasteiger partial charge in [-0.15, -0.1) is 0 Å². The summed E-state index contributed by atoms with van der Waals surface area (Å²) >= 11 is 0. The molecule has 1 heterocycles. The Morgan fingerprint density at radius 3 is 2.59 bits per heavy atom. The number of nitro groups is 1. The van der Waals surface area contributed by atoms with E-state index in [1.807, 2.05) is 31.2 Å². The number of fused-ring (bicyclic) bond motifs is 7. The summed E-state index contributed by atoms with van der Waals surface area (Å²) in [5.74, 6) is 1.68. The average molecular weight is 392 g/mol. The van der Waals surface area contributed by atoms with E-state index in [0.29, 0.717) is 29.2 Å². The Balaban J connectivity index is 1.59. The van der Waals surface area contributed by atoms with Crippen LogP contribution in [0.15, 0.2) is 36.4 Å². The van der Waals surface area contributed by atoms with Gasteiger partial charge in [0.05, 0.1) is 23.6 Å². The van der Waals surface area contributed by atoms with E-state index >= 15 is 0 Å². The number of nitro benzene ring substituents is 1. The summed E-state index contributed by atoms with van der Waals surface area (Å²) < 4.78 is 4.81. The highest BCUT2D eigenvalue weighted by molar-refractivity contribution is 5.89. The van der Waals surface area contributed by atoms with Crippen LogP contribution in [0.5, 0.6) is 0 Å². The van der Waals surface area contributed by atoms with E-state index in [2.05, 4.69) is 5.32 Å². The zero-order chi connectivity index (χ0) is 20.3. The van der Waals surface area contributed by atoms with Crippen molar-refractivity contribution in [2.75, 3.05) is 12.4 Å². The van der Waals surface area contributed by atoms with Gasteiger partial charge in [0.1, 0.15) is 0 Å². The number of anilines is 1. The third-order valence-electron chi connectivity index (χ3n) is 7.28. The minimum absolute atomic E-state index is 0.148. The van der Waals surface area contributed by atoms with Crippen LogP contribution in [-0.4, -0.2) is 18.0 Å². The molecule has 0 unspecified atom stereocenters. The standard InChI is InChI=1S/C23H24N2O4/c1-12-9-17(25(27)28)11-18-19-15-7-8-16(10-15)20(19)22(24-21(12)18)13-3-5-14(6-4-13)23(26)29-2/h3-6,9,11,15-16,19-20,22,24H,7-8,10H2,1-2H3/t15-,16-,19-,20-,22-/m0/s1. The molecule has 5 rings (SSSR count). The van der Waals surface area contributed by atoms with Crippen LogP contribution in [0.2, 0.25) is 0 Å². The van der Waals surface area contributed by atoms with Gasteiger partial charge in [0.2, 0.25) is 0 Å². The number of nitrogens with zero attached hydrogens (tertiary/aromatic N) is 1. The van der Waals surface area contributed by atoms with Gasteiger partial charge in [-0.05, 0) is 78.7 Å². The number of carbonyl (C=O) groups excluding carboxylic acids is 1. The van der Waals surface area contributed by atoms with Crippen LogP contribution in [-0.2, 0) is 4.74 Å². The Morgan fingerprint density at radius 1 is 1.17 bits per heavy atom. The molecular formula is C23H24N2O4. The zero-order valence-corrected chi connectivity index (χ0v) is 16.6. The lowest BCUT2D eigenvalue weighted by atomic mass is 9.67. The summed E-state index contributed by atoms with van der Waals surface area (Å²) in [6.45, 7) is 1.95. The fourth-order valence-electron chi connectivity index (χ4n) is 6.14. The minimum Gasteiger partial charge on any atom is -0.465 e. The highest BCUT2D eigenvalue weighted by Crippen LogP contribution is 2.64. The van der Waals surface area contributed by atoms with Gasteiger partial charge in [-0.3, -0.25) is 10.1 Å². The third-order valence-corrected chi connectivity index (χ3v) is 7.28. The van der Waals surface area contributed by atoms with E-state index in [9.17, 15) is 14.9 Å². The van der Waals surface area contributed by atoms with Crippen molar-refractivity contribution in [2.45, 2.75) is 38.1 Å². The van der Waals surface area contributed by atoms with Crippen LogP contribution in [0.1, 0.15) is 58.3 Å². The smallest absolute Gasteiger partial charge is 0.337 e. The van der Waals surface area contributed by atoms with Crippen LogP contribution < -0.4 is 5.32 Å². The van der Waals surface area contributed by atoms with Gasteiger partial charge in [-0.2, -0.15) is 0 Å². The van der Waals surface area contributed by atoms with Gasteiger partial charge in [-0.1, -0.05) is 12.1 Å². The normalized spacial score (nSPS) is 29.0. The molecule has 1 aliphatic heterocycles. The lowest BCUT2D eigenvalue weighted by Gasteiger charge is -2.44. The second-order valence-corrected chi connectivity index (χ2v) is 8.66. The number of esters is 1. The predicted molar refractivity (Wildman–Crippen MR) is 109 cm³/mol. The molecule has 2 aliphatic carbocycles. The maximum Gasteiger partial charge on any atom is 0.337 e. The van der Waals surface area contributed by atoms with E-state index in [0.717, 1.165) is 22.4 Å². The Labute approximate surface area is 169 Å². The van der Waals surface area contributed by atoms with Gasteiger partial charge in [0.15, 0.2) is 0 Å². The SMILES string of the molecule is COC(=O)c1ccc([C@@H]2Nc3c(C)cc([N+](=O)[O-])cc3[C@@H]3[C@H]4CC[C@@H](C4)[C@@H]32)cc1. The number of aryl methyl sites for hydroxylation is 1. The molecule has 0 saturated heterocycles. The van der Waals surface area contributed by atoms with Crippen LogP contribution in [0.25, 0.3) is 0 Å². The first-order valence-electron chi connectivity index (χ1n) is 10.2. The molecule has 2 aromatic carbocycles. The molecule has 2 aromatic rings. The summed E-state index contributed by atoms with van der Waals surface area (Å²) in [6, 6.07) is 11.3. The lowest BCUT2D eigenvalue weighted by molar-refractivity contribution is -0.385. The van der Waals surface area contributed by atoms with Crippen molar-refractivity contribution in [3.8, 4) is 0 Å². The molecule has 6 nitrogen and oxygen atoms in total. The Kier molecular flexibility index (Phi) is 4.12. The molecule has 29 heavy (non-hydrogen) atoms. The van der Waals surface area contributed by atoms with Crippen molar-refractivity contribution in [3.05, 3.63) is 68.8 Å². The largest absolute Gasteiger partial charge is 0.465 e. The van der Waals surface area contributed by atoms with Crippen molar-refractivity contribution in [2.24, 2.45) is 17.8 Å². The Bertz CT molecular complexity index is 1000. The number of non-ortho nitro benzene ring substituents is 1. The van der Waals surface area contributed by atoms with Gasteiger partial charge >= 0.3 is 5.97 Å². The fourth-order valence-corrected chi connectivity index (χ4v) is 6.14. The Morgan fingerprint density at radius 2 is 1.90 bits per heavy atom. The van der Waals surface area contributed by atoms with Gasteiger partial charge in [0, 0.05) is 17.8 Å². The van der Waals surface area contributed by atoms with E-state index in [-0.39, 0.29) is 22.6 Å². The van der Waals surface area contributed by atoms with Gasteiger partial charge < -0.3 is 10.1 Å². The minimum atomic E-state index is -0.334. The molecule has 150 valence electrons. The first-order chi connectivity index (χ1) is 14.0. The molecule has 6 heteroatoms. The van der Waals surface area contributed by atoms with E-state index in [1.54, 1.807) is 12.1 Å². The van der Waals surface area contributed by atoms with E-state index < -0.39 is 0 Å². The highest BCUT2D eigenvalue weighted by Gasteiger charge is 2.54. The van der Waals surface area contributed by atoms with Crippen LogP contribution in [0, 0.1) is 34.8 Å². The molecule has 2 bridgehead atoms. The predicted octanol–water partition coefficient (Wildman–Crippen LogP) is 4.99. The fraction of sp³-hybridized carbons (Fsp3) is 0.435. The number of hydrogen-bond acceptors (Lipinski definition) is 5. The van der Waals surface area contributed by atoms with Gasteiger partial charge in [0.25, 0.3) is 5.69 Å². The Hall–Kier alpha value is -2.89. The monoisotopic (exact) mass is 392 g/mol. The molecule has 0 radical (unpaired) electrons. The van der Waals surface area contributed by atoms with Crippen molar-refractivity contribution in [1.29, 1.82) is 0 Å². The number of carbonyl (C=O) groups is 1. The molecule has 0 spiro atoms. The molecule has 0 amide bonds. The molecule has 2 saturated carbocycles. The number of hydrogen-bond donors (Lipinski definition) is 1. The molecule has 3 aliphatic rings. The first-order valence-corrected chi connectivity index (χ1v) is 10.2. The summed E-state index contributed by atoms with van der Waals surface area (Å²) in [7, 11) is 1.39. The van der Waals surface area contributed by atoms with Crippen LogP contribution in [0.3, 0.4) is 0 Å². The summed E-state index contributed by atoms with van der Waals surface area (Å²) in [6.07, 6.45) is 3.64. The maximum absolute atomic E-state index is 11.8. The topological polar surface area (TPSA) is 81.5 Å². The number of nitrogens with one attached hydrogen (secondary N) is 1. The van der Waals surface area contributed by atoms with E-state index in [1.165, 1.54) is 26.4 Å². The first kappa shape index (κ1) is 18.2. The number of rotatable bonds is 3. The summed E-state index contributed by atoms with van der Waals surface area (Å²) in [4.78, 5) is 22.9. The third kappa shape index (κ3) is 2.73.